The number of aromatic nitrogens is 2. The Balaban J connectivity index is 1.22. The number of anilines is 2. The Bertz CT molecular complexity index is 2370. The Morgan fingerprint density at radius 2 is 1.84 bits per heavy atom. The number of thiazole rings is 1. The summed E-state index contributed by atoms with van der Waals surface area (Å²) in [6.45, 7) is 13.8. The zero-order chi connectivity index (χ0) is 44.6. The molecule has 332 valence electrons. The molecule has 62 heavy (non-hydrogen) atoms. The Labute approximate surface area is 368 Å². The average Bonchev–Trinajstić information content (AvgIpc) is 3.61. The molecule has 1 unspecified atom stereocenters. The SMILES string of the molecule is C=C[C@@H]1C[C@]1(CC(=O)[C@@H]1C[C@@H](Oc2cc(-c3csc(NC(C)C)n3)nc3cc(OC)ccc23)CN1C(=O)[C@@H](CC(=O)OC1CCCC1)C(C)(C)C)P(=O)(O)Cc1ccccc1N. The number of nitrogen functional groups attached to an aromatic ring is 1. The number of benzene rings is 2. The summed E-state index contributed by atoms with van der Waals surface area (Å²) in [6, 6.07) is 13.5. The average molecular weight is 886 g/mol. The highest BCUT2D eigenvalue weighted by molar-refractivity contribution is 7.59. The number of allylic oxidation sites excluding steroid dienone is 1. The number of hydrogen-bond acceptors (Lipinski definition) is 12. The third kappa shape index (κ3) is 9.72. The number of Topliss-reactive ketones (excluding diaryl/α,β-unsaturated/α-hetero) is 1. The molecule has 0 spiro atoms. The molecule has 1 saturated heterocycles. The number of pyridine rings is 1. The van der Waals surface area contributed by atoms with Crippen LogP contribution in [0, 0.1) is 17.3 Å². The summed E-state index contributed by atoms with van der Waals surface area (Å²) in [6.07, 6.45) is 4.27. The van der Waals surface area contributed by atoms with Crippen molar-refractivity contribution in [2.24, 2.45) is 17.3 Å². The van der Waals surface area contributed by atoms with Gasteiger partial charge in [-0.15, -0.1) is 17.9 Å². The van der Waals surface area contributed by atoms with Crippen LogP contribution >= 0.6 is 18.7 Å². The molecule has 3 fully saturated rings. The number of fused-ring (bicyclic) bond motifs is 1. The predicted octanol–water partition coefficient (Wildman–Crippen LogP) is 9.03. The molecule has 3 aliphatic rings. The highest BCUT2D eigenvalue weighted by atomic mass is 32.1. The Morgan fingerprint density at radius 1 is 1.10 bits per heavy atom. The van der Waals surface area contributed by atoms with E-state index in [-0.39, 0.29) is 61.7 Å². The fraction of sp³-hybridized carbons (Fsp3) is 0.511. The van der Waals surface area contributed by atoms with Crippen LogP contribution in [0.3, 0.4) is 0 Å². The van der Waals surface area contributed by atoms with Crippen molar-refractivity contribution in [1.82, 2.24) is 14.9 Å². The van der Waals surface area contributed by atoms with Gasteiger partial charge in [0, 0.05) is 47.5 Å². The number of rotatable bonds is 17. The fourth-order valence-corrected chi connectivity index (χ4v) is 12.5. The van der Waals surface area contributed by atoms with E-state index >= 15 is 0 Å². The van der Waals surface area contributed by atoms with Crippen molar-refractivity contribution in [1.29, 1.82) is 0 Å². The highest BCUT2D eigenvalue weighted by Gasteiger charge is 2.65. The smallest absolute Gasteiger partial charge is 0.306 e. The molecular formula is C47H60N5O8PS. The van der Waals surface area contributed by atoms with E-state index in [9.17, 15) is 23.8 Å². The van der Waals surface area contributed by atoms with Gasteiger partial charge in [-0.1, -0.05) is 45.0 Å². The lowest BCUT2D eigenvalue weighted by Gasteiger charge is -2.35. The van der Waals surface area contributed by atoms with Crippen LogP contribution in [0.1, 0.15) is 91.5 Å². The first-order valence-corrected chi connectivity index (χ1v) is 24.3. The zero-order valence-corrected chi connectivity index (χ0v) is 38.3. The van der Waals surface area contributed by atoms with E-state index in [1.807, 2.05) is 64.3 Å². The van der Waals surface area contributed by atoms with E-state index in [0.29, 0.717) is 51.5 Å². The van der Waals surface area contributed by atoms with Crippen LogP contribution in [0.5, 0.6) is 11.5 Å². The van der Waals surface area contributed by atoms with Crippen LogP contribution in [0.2, 0.25) is 0 Å². The van der Waals surface area contributed by atoms with Crippen molar-refractivity contribution in [3.8, 4) is 22.9 Å². The minimum absolute atomic E-state index is 0.0448. The van der Waals surface area contributed by atoms with E-state index in [0.717, 1.165) is 30.8 Å². The Kier molecular flexibility index (Phi) is 13.2. The van der Waals surface area contributed by atoms with Gasteiger partial charge in [-0.25, -0.2) is 9.97 Å². The third-order valence-electron chi connectivity index (χ3n) is 12.7. The number of nitrogens with two attached hydrogens (primary N) is 1. The van der Waals surface area contributed by atoms with Crippen LogP contribution in [-0.2, 0) is 29.8 Å². The minimum Gasteiger partial charge on any atom is -0.497 e. The Morgan fingerprint density at radius 3 is 2.50 bits per heavy atom. The van der Waals surface area contributed by atoms with Gasteiger partial charge in [-0.3, -0.25) is 18.9 Å². The first kappa shape index (κ1) is 45.3. The first-order chi connectivity index (χ1) is 29.4. The number of amides is 1. The van der Waals surface area contributed by atoms with Crippen molar-refractivity contribution in [3.63, 3.8) is 0 Å². The Hall–Kier alpha value is -4.78. The van der Waals surface area contributed by atoms with Gasteiger partial charge in [0.1, 0.15) is 29.4 Å². The van der Waals surface area contributed by atoms with Crippen molar-refractivity contribution >= 4 is 58.1 Å². The summed E-state index contributed by atoms with van der Waals surface area (Å²) >= 11 is 1.47. The number of carbonyl (C=O) groups excluding carboxylic acids is 3. The van der Waals surface area contributed by atoms with Gasteiger partial charge < -0.3 is 35.1 Å². The normalized spacial score (nSPS) is 22.9. The van der Waals surface area contributed by atoms with E-state index in [1.165, 1.54) is 11.3 Å². The van der Waals surface area contributed by atoms with Gasteiger partial charge in [0.05, 0.1) is 54.6 Å². The van der Waals surface area contributed by atoms with Gasteiger partial charge in [-0.05, 0) is 81.0 Å². The molecule has 7 rings (SSSR count). The third-order valence-corrected chi connectivity index (χ3v) is 16.3. The molecule has 3 heterocycles. The number of likely N-dealkylation sites (tertiary alicyclic amines) is 1. The van der Waals surface area contributed by atoms with E-state index in [1.54, 1.807) is 42.4 Å². The summed E-state index contributed by atoms with van der Waals surface area (Å²) in [5.74, 6) is -1.24. The maximum atomic E-state index is 15.0. The molecule has 15 heteroatoms. The van der Waals surface area contributed by atoms with Gasteiger partial charge >= 0.3 is 5.97 Å². The lowest BCUT2D eigenvalue weighted by molar-refractivity contribution is -0.156. The number of hydrogen-bond donors (Lipinski definition) is 3. The van der Waals surface area contributed by atoms with Crippen LogP contribution < -0.4 is 20.5 Å². The fourth-order valence-electron chi connectivity index (χ4n) is 9.06. The largest absolute Gasteiger partial charge is 0.497 e. The van der Waals surface area contributed by atoms with Crippen LogP contribution in [0.25, 0.3) is 22.3 Å². The highest BCUT2D eigenvalue weighted by Crippen LogP contribution is 2.74. The lowest BCUT2D eigenvalue weighted by Crippen LogP contribution is -2.48. The number of nitrogens with one attached hydrogen (secondary N) is 1. The van der Waals surface area contributed by atoms with Crippen molar-refractivity contribution in [2.75, 3.05) is 24.7 Å². The number of nitrogens with zero attached hydrogens (tertiary/aromatic N) is 3. The van der Waals surface area contributed by atoms with Crippen molar-refractivity contribution in [2.45, 2.75) is 122 Å². The molecule has 6 atom stereocenters. The van der Waals surface area contributed by atoms with Gasteiger partial charge in [0.25, 0.3) is 0 Å². The molecular weight excluding hydrogens is 826 g/mol. The predicted molar refractivity (Wildman–Crippen MR) is 244 cm³/mol. The van der Waals surface area contributed by atoms with Crippen molar-refractivity contribution < 1.29 is 38.1 Å². The summed E-state index contributed by atoms with van der Waals surface area (Å²) in [7, 11) is -2.48. The molecule has 2 aliphatic carbocycles. The molecule has 1 aliphatic heterocycles. The first-order valence-electron chi connectivity index (χ1n) is 21.6. The minimum atomic E-state index is -4.06. The zero-order valence-electron chi connectivity index (χ0n) is 36.6. The molecule has 4 aromatic rings. The maximum absolute atomic E-state index is 15.0. The molecule has 4 N–H and O–H groups in total. The maximum Gasteiger partial charge on any atom is 0.306 e. The number of ether oxygens (including phenoxy) is 3. The second kappa shape index (κ2) is 18.1. The quantitative estimate of drug-likeness (QED) is 0.0397. The van der Waals surface area contributed by atoms with Gasteiger partial charge in [0.2, 0.25) is 13.3 Å². The van der Waals surface area contributed by atoms with E-state index < -0.39 is 42.0 Å². The monoisotopic (exact) mass is 885 g/mol. The number of para-hydroxylation sites is 1. The topological polar surface area (TPSA) is 183 Å². The molecule has 13 nitrogen and oxygen atoms in total. The molecule has 0 bridgehead atoms. The summed E-state index contributed by atoms with van der Waals surface area (Å²) in [4.78, 5) is 66.4. The molecule has 2 aromatic carbocycles. The molecule has 0 radical (unpaired) electrons. The number of methoxy groups -OCH3 is 1. The van der Waals surface area contributed by atoms with Crippen LogP contribution in [0.15, 0.2) is 66.6 Å². The molecule has 1 amide bonds. The van der Waals surface area contributed by atoms with Gasteiger partial charge in [-0.2, -0.15) is 0 Å². The van der Waals surface area contributed by atoms with E-state index in [4.69, 9.17) is 29.9 Å². The molecule has 2 saturated carbocycles. The lowest BCUT2D eigenvalue weighted by atomic mass is 9.77. The summed E-state index contributed by atoms with van der Waals surface area (Å²) < 4.78 is 32.7. The van der Waals surface area contributed by atoms with Crippen LogP contribution in [0.4, 0.5) is 10.8 Å². The summed E-state index contributed by atoms with van der Waals surface area (Å²) in [5, 5.41) is 5.46. The summed E-state index contributed by atoms with van der Waals surface area (Å²) in [5.41, 5.74) is 8.32. The van der Waals surface area contributed by atoms with Crippen molar-refractivity contribution in [3.05, 3.63) is 72.1 Å². The standard InChI is InChI=1S/C47H60N5O8PS/c1-8-30-23-47(30,61(56,57)26-29-13-9-12-16-36(29)48)24-41(53)40-20-33(25-52(40)44(55)35(46(4,5)6)21-43(54)60-31-14-10-11-15-31)59-42-22-38(39-27-62-45(51-39)49-28(2)3)50-37-19-32(58-7)17-18-34(37)42/h8-9,12-13,16-19,22,27-28,30-31,33,35,40H,1,10-11,14-15,20-21,23-26,48H2,2-7H3,(H,49,51)(H,56,57)/t30-,33-,35-,40+,47-/m1/s1. The van der Waals surface area contributed by atoms with Gasteiger partial charge in [0.15, 0.2) is 10.9 Å². The second-order valence-electron chi connectivity index (χ2n) is 18.6. The number of carbonyl (C=O) groups is 3. The van der Waals surface area contributed by atoms with Crippen LogP contribution in [-0.4, -0.2) is 80.5 Å². The second-order valence-corrected chi connectivity index (χ2v) is 22.0. The number of ketones is 1. The molecule has 2 aromatic heterocycles. The number of esters is 1. The van der Waals surface area contributed by atoms with E-state index in [2.05, 4.69) is 11.9 Å².